The first kappa shape index (κ1) is 9.52. The zero-order valence-electron chi connectivity index (χ0n) is 7.42. The molecular formula is C11H11FO. The van der Waals surface area contributed by atoms with Crippen molar-refractivity contribution in [1.29, 1.82) is 0 Å². The van der Waals surface area contributed by atoms with Gasteiger partial charge in [-0.2, -0.15) is 0 Å². The molecule has 0 amide bonds. The third-order valence-corrected chi connectivity index (χ3v) is 1.75. The topological polar surface area (TPSA) is 20.2 Å². The summed E-state index contributed by atoms with van der Waals surface area (Å²) < 4.78 is 12.6. The minimum atomic E-state index is -0.289. The van der Waals surface area contributed by atoms with E-state index in [9.17, 15) is 9.50 Å². The fourth-order valence-corrected chi connectivity index (χ4v) is 1.13. The molecule has 1 nitrogen and oxygen atoms in total. The van der Waals surface area contributed by atoms with Crippen molar-refractivity contribution in [2.75, 3.05) is 0 Å². The molecule has 0 saturated heterocycles. The molecule has 0 fully saturated rings. The van der Waals surface area contributed by atoms with Crippen molar-refractivity contribution in [2.24, 2.45) is 0 Å². The van der Waals surface area contributed by atoms with Crippen molar-refractivity contribution in [3.05, 3.63) is 54.1 Å². The number of benzene rings is 1. The van der Waals surface area contributed by atoms with Crippen molar-refractivity contribution in [1.82, 2.24) is 0 Å². The molecule has 1 aromatic rings. The fraction of sp³-hybridized carbons (Fsp3) is 0.0909. The van der Waals surface area contributed by atoms with Gasteiger partial charge in [-0.3, -0.25) is 0 Å². The first-order valence-corrected chi connectivity index (χ1v) is 3.95. The molecule has 0 aliphatic heterocycles. The fourth-order valence-electron chi connectivity index (χ4n) is 1.13. The lowest BCUT2D eigenvalue weighted by atomic mass is 10.0. The van der Waals surface area contributed by atoms with Crippen LogP contribution in [-0.2, 0) is 0 Å². The Morgan fingerprint density at radius 3 is 2.31 bits per heavy atom. The Kier molecular flexibility index (Phi) is 2.85. The first-order chi connectivity index (χ1) is 6.15. The molecule has 0 unspecified atom stereocenters. The summed E-state index contributed by atoms with van der Waals surface area (Å²) in [6.45, 7) is 5.21. The molecule has 0 heterocycles. The smallest absolute Gasteiger partial charge is 0.123 e. The maximum absolute atomic E-state index is 12.6. The normalized spacial score (nSPS) is 11.4. The second kappa shape index (κ2) is 3.90. The second-order valence-electron chi connectivity index (χ2n) is 2.66. The Balaban J connectivity index is 3.07. The van der Waals surface area contributed by atoms with Crippen LogP contribution in [-0.4, -0.2) is 5.11 Å². The summed E-state index contributed by atoms with van der Waals surface area (Å²) in [6, 6.07) is 5.90. The van der Waals surface area contributed by atoms with Gasteiger partial charge in [-0.25, -0.2) is 4.39 Å². The van der Waals surface area contributed by atoms with Crippen LogP contribution in [0, 0.1) is 5.82 Å². The highest BCUT2D eigenvalue weighted by Gasteiger charge is 2.02. The first-order valence-electron chi connectivity index (χ1n) is 3.95. The molecule has 68 valence electrons. The Morgan fingerprint density at radius 1 is 1.38 bits per heavy atom. The molecule has 2 heteroatoms. The van der Waals surface area contributed by atoms with E-state index in [-0.39, 0.29) is 11.6 Å². The van der Waals surface area contributed by atoms with Crippen LogP contribution >= 0.6 is 0 Å². The number of hydrogen-bond donors (Lipinski definition) is 1. The average Bonchev–Trinajstić information content (AvgIpc) is 2.09. The Morgan fingerprint density at radius 2 is 1.92 bits per heavy atom. The highest BCUT2D eigenvalue weighted by Crippen LogP contribution is 2.19. The third-order valence-electron chi connectivity index (χ3n) is 1.75. The summed E-state index contributed by atoms with van der Waals surface area (Å²) in [6.07, 6.45) is 1.73. The van der Waals surface area contributed by atoms with E-state index >= 15 is 0 Å². The third kappa shape index (κ3) is 2.18. The van der Waals surface area contributed by atoms with E-state index in [2.05, 4.69) is 6.58 Å². The van der Waals surface area contributed by atoms with Gasteiger partial charge in [0.2, 0.25) is 0 Å². The number of aliphatic hydroxyl groups is 1. The van der Waals surface area contributed by atoms with Crippen LogP contribution in [0.5, 0.6) is 0 Å². The Labute approximate surface area is 76.8 Å². The van der Waals surface area contributed by atoms with Gasteiger partial charge >= 0.3 is 0 Å². The molecule has 0 spiro atoms. The van der Waals surface area contributed by atoms with Gasteiger partial charge in [0.15, 0.2) is 0 Å². The molecular weight excluding hydrogens is 167 g/mol. The van der Waals surface area contributed by atoms with E-state index in [0.29, 0.717) is 5.57 Å². The van der Waals surface area contributed by atoms with Crippen molar-refractivity contribution < 1.29 is 9.50 Å². The number of rotatable bonds is 2. The molecule has 0 bridgehead atoms. The van der Waals surface area contributed by atoms with Crippen LogP contribution in [0.15, 0.2) is 42.7 Å². The highest BCUT2D eigenvalue weighted by atomic mass is 19.1. The largest absolute Gasteiger partial charge is 0.508 e. The average molecular weight is 178 g/mol. The number of hydrogen-bond acceptors (Lipinski definition) is 1. The highest BCUT2D eigenvalue weighted by molar-refractivity contribution is 5.75. The molecule has 0 aliphatic carbocycles. The van der Waals surface area contributed by atoms with Crippen molar-refractivity contribution in [2.45, 2.75) is 6.92 Å². The van der Waals surface area contributed by atoms with E-state index in [4.69, 9.17) is 0 Å². The van der Waals surface area contributed by atoms with Crippen LogP contribution in [0.25, 0.3) is 5.57 Å². The van der Waals surface area contributed by atoms with Gasteiger partial charge in [0.05, 0.1) is 0 Å². The van der Waals surface area contributed by atoms with Gasteiger partial charge in [-0.05, 0) is 24.6 Å². The summed E-state index contributed by atoms with van der Waals surface area (Å²) in [4.78, 5) is 0. The minimum absolute atomic E-state index is 0.00546. The van der Waals surface area contributed by atoms with Crippen LogP contribution in [0.1, 0.15) is 12.5 Å². The number of aliphatic hydroxyl groups excluding tert-OH is 1. The van der Waals surface area contributed by atoms with Gasteiger partial charge < -0.3 is 5.11 Å². The monoisotopic (exact) mass is 178 g/mol. The van der Waals surface area contributed by atoms with Gasteiger partial charge in [0, 0.05) is 5.57 Å². The minimum Gasteiger partial charge on any atom is -0.508 e. The quantitative estimate of drug-likeness (QED) is 0.544. The van der Waals surface area contributed by atoms with E-state index < -0.39 is 0 Å². The summed E-state index contributed by atoms with van der Waals surface area (Å²) >= 11 is 0. The molecule has 13 heavy (non-hydrogen) atoms. The molecule has 1 rings (SSSR count). The van der Waals surface area contributed by atoms with Gasteiger partial charge in [0.1, 0.15) is 11.6 Å². The van der Waals surface area contributed by atoms with Gasteiger partial charge in [0.25, 0.3) is 0 Å². The standard InChI is InChI=1S/C11H11FO/c1-3-11(8(2)13)9-4-6-10(12)7-5-9/h3-7,13H,2H2,1H3/b11-3+. The summed E-state index contributed by atoms with van der Waals surface area (Å²) in [5, 5.41) is 9.18. The molecule has 0 saturated carbocycles. The Bertz CT molecular complexity index is 336. The zero-order valence-corrected chi connectivity index (χ0v) is 7.42. The van der Waals surface area contributed by atoms with Crippen LogP contribution < -0.4 is 0 Å². The lowest BCUT2D eigenvalue weighted by Gasteiger charge is -2.04. The summed E-state index contributed by atoms with van der Waals surface area (Å²) in [5.41, 5.74) is 1.39. The van der Waals surface area contributed by atoms with Crippen molar-refractivity contribution in [3.8, 4) is 0 Å². The van der Waals surface area contributed by atoms with Crippen LogP contribution in [0.4, 0.5) is 4.39 Å². The van der Waals surface area contributed by atoms with Crippen molar-refractivity contribution >= 4 is 5.57 Å². The lowest BCUT2D eigenvalue weighted by Crippen LogP contribution is -1.87. The molecule has 1 aromatic carbocycles. The SMILES string of the molecule is C=C(O)/C(=C\C)c1ccc(F)cc1. The zero-order chi connectivity index (χ0) is 9.84. The maximum atomic E-state index is 12.6. The van der Waals surface area contributed by atoms with E-state index in [1.165, 1.54) is 12.1 Å². The van der Waals surface area contributed by atoms with E-state index in [1.54, 1.807) is 25.1 Å². The lowest BCUT2D eigenvalue weighted by molar-refractivity contribution is 0.440. The van der Waals surface area contributed by atoms with E-state index in [1.807, 2.05) is 0 Å². The number of allylic oxidation sites excluding steroid dienone is 2. The molecule has 0 aliphatic rings. The van der Waals surface area contributed by atoms with Crippen LogP contribution in [0.3, 0.4) is 0 Å². The molecule has 0 atom stereocenters. The maximum Gasteiger partial charge on any atom is 0.123 e. The van der Waals surface area contributed by atoms with Crippen molar-refractivity contribution in [3.63, 3.8) is 0 Å². The predicted molar refractivity (Wildman–Crippen MR) is 51.8 cm³/mol. The van der Waals surface area contributed by atoms with E-state index in [0.717, 1.165) is 5.56 Å². The van der Waals surface area contributed by atoms with Gasteiger partial charge in [-0.1, -0.05) is 24.8 Å². The molecule has 1 N–H and O–H groups in total. The number of halogens is 1. The summed E-state index contributed by atoms with van der Waals surface area (Å²) in [5.74, 6) is -0.295. The van der Waals surface area contributed by atoms with Gasteiger partial charge in [-0.15, -0.1) is 0 Å². The summed E-state index contributed by atoms with van der Waals surface area (Å²) in [7, 11) is 0. The van der Waals surface area contributed by atoms with Crippen LogP contribution in [0.2, 0.25) is 0 Å². The molecule has 0 aromatic heterocycles. The molecule has 0 radical (unpaired) electrons. The predicted octanol–water partition coefficient (Wildman–Crippen LogP) is 3.30. The Hall–Kier alpha value is -1.57. The second-order valence-corrected chi connectivity index (χ2v) is 2.66.